The van der Waals surface area contributed by atoms with Crippen LogP contribution in [0.2, 0.25) is 0 Å². The van der Waals surface area contributed by atoms with Crippen LogP contribution >= 0.6 is 0 Å². The van der Waals surface area contributed by atoms with Gasteiger partial charge in [-0.3, -0.25) is 4.79 Å². The van der Waals surface area contributed by atoms with Crippen molar-refractivity contribution in [1.29, 1.82) is 0 Å². The molecule has 1 unspecified atom stereocenters. The Morgan fingerprint density at radius 3 is 2.43 bits per heavy atom. The maximum atomic E-state index is 11.5. The van der Waals surface area contributed by atoms with Gasteiger partial charge < -0.3 is 16.4 Å². The minimum atomic E-state index is -0.166. The molecule has 1 atom stereocenters. The predicted octanol–water partition coefficient (Wildman–Crippen LogP) is 0.228. The van der Waals surface area contributed by atoms with E-state index in [0.717, 1.165) is 13.0 Å². The van der Waals surface area contributed by atoms with Gasteiger partial charge in [0, 0.05) is 5.54 Å². The van der Waals surface area contributed by atoms with Gasteiger partial charge in [0.2, 0.25) is 5.91 Å². The molecule has 0 rings (SSSR count). The lowest BCUT2D eigenvalue weighted by molar-refractivity contribution is -0.124. The molecule has 1 amide bonds. The Kier molecular flexibility index (Phi) is 5.72. The molecule has 14 heavy (non-hydrogen) atoms. The molecule has 0 aliphatic heterocycles. The van der Waals surface area contributed by atoms with Gasteiger partial charge in [-0.25, -0.2) is 0 Å². The van der Waals surface area contributed by atoms with Gasteiger partial charge in [0.1, 0.15) is 0 Å². The summed E-state index contributed by atoms with van der Waals surface area (Å²) in [5.74, 6) is 0.0366. The fourth-order valence-electron chi connectivity index (χ4n) is 0.991. The van der Waals surface area contributed by atoms with Gasteiger partial charge >= 0.3 is 0 Å². The third-order valence-corrected chi connectivity index (χ3v) is 1.72. The van der Waals surface area contributed by atoms with Crippen LogP contribution in [0.5, 0.6) is 0 Å². The highest BCUT2D eigenvalue weighted by Crippen LogP contribution is 1.99. The molecule has 0 aliphatic carbocycles. The van der Waals surface area contributed by atoms with Gasteiger partial charge in [0.05, 0.1) is 6.04 Å². The molecule has 84 valence electrons. The number of nitrogens with one attached hydrogen (secondary N) is 2. The number of hydrogen-bond acceptors (Lipinski definition) is 3. The zero-order valence-corrected chi connectivity index (χ0v) is 9.68. The Hall–Kier alpha value is -0.610. The second-order valence-corrected chi connectivity index (χ2v) is 4.56. The Morgan fingerprint density at radius 1 is 1.43 bits per heavy atom. The van der Waals surface area contributed by atoms with E-state index in [4.69, 9.17) is 5.73 Å². The van der Waals surface area contributed by atoms with Gasteiger partial charge in [0.15, 0.2) is 0 Å². The topological polar surface area (TPSA) is 67.1 Å². The number of nitrogens with two attached hydrogens (primary N) is 1. The van der Waals surface area contributed by atoms with Crippen LogP contribution in [0.4, 0.5) is 0 Å². The molecule has 0 fully saturated rings. The minimum absolute atomic E-state index is 0.0366. The van der Waals surface area contributed by atoms with Crippen LogP contribution in [-0.2, 0) is 4.79 Å². The normalized spacial score (nSPS) is 13.8. The van der Waals surface area contributed by atoms with Crippen molar-refractivity contribution in [2.75, 3.05) is 13.1 Å². The fraction of sp³-hybridized carbons (Fsp3) is 0.900. The molecule has 0 heterocycles. The highest BCUT2D eigenvalue weighted by molar-refractivity contribution is 5.81. The maximum absolute atomic E-state index is 11.5. The fourth-order valence-corrected chi connectivity index (χ4v) is 0.991. The molecular weight excluding hydrogens is 178 g/mol. The largest absolute Gasteiger partial charge is 0.350 e. The van der Waals surface area contributed by atoms with Crippen molar-refractivity contribution in [2.45, 2.75) is 45.7 Å². The summed E-state index contributed by atoms with van der Waals surface area (Å²) >= 11 is 0. The Morgan fingerprint density at radius 2 is 2.00 bits per heavy atom. The zero-order chi connectivity index (χ0) is 11.2. The Bertz CT molecular complexity index is 175. The van der Waals surface area contributed by atoms with E-state index < -0.39 is 0 Å². The van der Waals surface area contributed by atoms with Crippen molar-refractivity contribution in [3.05, 3.63) is 0 Å². The summed E-state index contributed by atoms with van der Waals surface area (Å²) in [5, 5.41) is 6.03. The summed E-state index contributed by atoms with van der Waals surface area (Å²) in [6.45, 7) is 9.21. The average molecular weight is 201 g/mol. The van der Waals surface area contributed by atoms with E-state index in [1.54, 1.807) is 0 Å². The molecule has 0 radical (unpaired) electrons. The lowest BCUT2D eigenvalue weighted by Crippen LogP contribution is -2.49. The number of rotatable bonds is 5. The van der Waals surface area contributed by atoms with Crippen LogP contribution in [0.25, 0.3) is 0 Å². The Labute approximate surface area is 86.6 Å². The molecule has 0 bridgehead atoms. The minimum Gasteiger partial charge on any atom is -0.350 e. The van der Waals surface area contributed by atoms with Crippen LogP contribution < -0.4 is 16.4 Å². The number of carbonyl (C=O) groups excluding carboxylic acids is 1. The second kappa shape index (κ2) is 5.98. The first-order valence-corrected chi connectivity index (χ1v) is 5.12. The van der Waals surface area contributed by atoms with E-state index in [0.29, 0.717) is 6.54 Å². The van der Waals surface area contributed by atoms with E-state index in [-0.39, 0.29) is 17.5 Å². The highest BCUT2D eigenvalue weighted by atomic mass is 16.2. The van der Waals surface area contributed by atoms with Crippen molar-refractivity contribution >= 4 is 5.91 Å². The van der Waals surface area contributed by atoms with Crippen LogP contribution in [0.3, 0.4) is 0 Å². The Balaban J connectivity index is 3.77. The molecule has 4 nitrogen and oxygen atoms in total. The number of amides is 1. The summed E-state index contributed by atoms with van der Waals surface area (Å²) < 4.78 is 0. The lowest BCUT2D eigenvalue weighted by Gasteiger charge is -2.23. The average Bonchev–Trinajstić information content (AvgIpc) is 2.01. The molecule has 4 N–H and O–H groups in total. The summed E-state index contributed by atoms with van der Waals surface area (Å²) in [6.07, 6.45) is 0.896. The van der Waals surface area contributed by atoms with E-state index in [1.165, 1.54) is 0 Å². The lowest BCUT2D eigenvalue weighted by atomic mass is 10.1. The molecule has 0 spiro atoms. The van der Waals surface area contributed by atoms with Gasteiger partial charge in [0.25, 0.3) is 0 Å². The van der Waals surface area contributed by atoms with Crippen LogP contribution in [0.15, 0.2) is 0 Å². The van der Waals surface area contributed by atoms with E-state index in [2.05, 4.69) is 10.6 Å². The summed E-state index contributed by atoms with van der Waals surface area (Å²) in [5.41, 5.74) is 5.19. The molecule has 4 heteroatoms. The SMILES string of the molecule is CC(NCCCN)C(=O)NC(C)(C)C. The van der Waals surface area contributed by atoms with Crippen LogP contribution in [0, 0.1) is 0 Å². The summed E-state index contributed by atoms with van der Waals surface area (Å²) in [7, 11) is 0. The predicted molar refractivity (Wildman–Crippen MR) is 59.0 cm³/mol. The van der Waals surface area contributed by atoms with Crippen molar-refractivity contribution in [3.8, 4) is 0 Å². The van der Waals surface area contributed by atoms with Gasteiger partial charge in [-0.2, -0.15) is 0 Å². The second-order valence-electron chi connectivity index (χ2n) is 4.56. The van der Waals surface area contributed by atoms with Crippen LogP contribution in [-0.4, -0.2) is 30.6 Å². The quantitative estimate of drug-likeness (QED) is 0.558. The smallest absolute Gasteiger partial charge is 0.237 e. The first-order valence-electron chi connectivity index (χ1n) is 5.12. The number of carbonyl (C=O) groups is 1. The number of hydrogen-bond donors (Lipinski definition) is 3. The highest BCUT2D eigenvalue weighted by Gasteiger charge is 2.18. The third kappa shape index (κ3) is 6.86. The standard InChI is InChI=1S/C10H23N3O/c1-8(12-7-5-6-11)9(14)13-10(2,3)4/h8,12H,5-7,11H2,1-4H3,(H,13,14). The third-order valence-electron chi connectivity index (χ3n) is 1.72. The molecule has 0 aromatic rings. The molecular formula is C10H23N3O. The van der Waals surface area contributed by atoms with Crippen molar-refractivity contribution < 1.29 is 4.79 Å². The molecule has 0 aromatic carbocycles. The van der Waals surface area contributed by atoms with Gasteiger partial charge in [-0.15, -0.1) is 0 Å². The van der Waals surface area contributed by atoms with Crippen LogP contribution in [0.1, 0.15) is 34.1 Å². The van der Waals surface area contributed by atoms with Crippen molar-refractivity contribution in [3.63, 3.8) is 0 Å². The monoisotopic (exact) mass is 201 g/mol. The van der Waals surface area contributed by atoms with E-state index in [9.17, 15) is 4.79 Å². The molecule has 0 aromatic heterocycles. The summed E-state index contributed by atoms with van der Waals surface area (Å²) in [6, 6.07) is -0.152. The maximum Gasteiger partial charge on any atom is 0.237 e. The van der Waals surface area contributed by atoms with Crippen molar-refractivity contribution in [1.82, 2.24) is 10.6 Å². The van der Waals surface area contributed by atoms with Gasteiger partial charge in [-0.1, -0.05) is 0 Å². The van der Waals surface area contributed by atoms with E-state index in [1.807, 2.05) is 27.7 Å². The molecule has 0 saturated carbocycles. The zero-order valence-electron chi connectivity index (χ0n) is 9.68. The van der Waals surface area contributed by atoms with Crippen molar-refractivity contribution in [2.24, 2.45) is 5.73 Å². The van der Waals surface area contributed by atoms with E-state index >= 15 is 0 Å². The molecule has 0 aliphatic rings. The first-order chi connectivity index (χ1) is 6.37. The summed E-state index contributed by atoms with van der Waals surface area (Å²) in [4.78, 5) is 11.5. The molecule has 0 saturated heterocycles. The van der Waals surface area contributed by atoms with Gasteiger partial charge in [-0.05, 0) is 47.2 Å². The first kappa shape index (κ1) is 13.4.